The number of hydrogen-bond donors (Lipinski definition) is 0. The highest BCUT2D eigenvalue weighted by molar-refractivity contribution is 5.96. The number of ether oxygens (including phenoxy) is 1. The summed E-state index contributed by atoms with van der Waals surface area (Å²) in [4.78, 5) is 27.0. The van der Waals surface area contributed by atoms with Gasteiger partial charge in [-0.3, -0.25) is 9.59 Å². The van der Waals surface area contributed by atoms with Gasteiger partial charge in [-0.05, 0) is 39.0 Å². The van der Waals surface area contributed by atoms with Crippen molar-refractivity contribution in [2.75, 3.05) is 13.1 Å². The van der Waals surface area contributed by atoms with Crippen molar-refractivity contribution in [1.29, 1.82) is 0 Å². The third-order valence-corrected chi connectivity index (χ3v) is 6.07. The van der Waals surface area contributed by atoms with Gasteiger partial charge in [0, 0.05) is 18.5 Å². The van der Waals surface area contributed by atoms with Gasteiger partial charge in [0.25, 0.3) is 5.91 Å². The fraction of sp³-hybridized carbons (Fsp3) is 0.867. The number of amides is 1. The van der Waals surface area contributed by atoms with Gasteiger partial charge in [-0.2, -0.15) is 0 Å². The lowest BCUT2D eigenvalue weighted by atomic mass is 9.66. The maximum Gasteiger partial charge on any atom is 0.313 e. The number of carbonyl (C=O) groups is 2. The lowest BCUT2D eigenvalue weighted by Gasteiger charge is -2.40. The first-order valence-electron chi connectivity index (χ1n) is 7.38. The van der Waals surface area contributed by atoms with Crippen LogP contribution in [-0.2, 0) is 14.3 Å². The van der Waals surface area contributed by atoms with Crippen molar-refractivity contribution in [3.05, 3.63) is 0 Å². The van der Waals surface area contributed by atoms with Crippen LogP contribution in [-0.4, -0.2) is 35.5 Å². The van der Waals surface area contributed by atoms with Gasteiger partial charge in [0.15, 0.2) is 5.60 Å². The van der Waals surface area contributed by atoms with Gasteiger partial charge in [-0.25, -0.2) is 0 Å². The Morgan fingerprint density at radius 2 is 1.74 bits per heavy atom. The Labute approximate surface area is 114 Å². The second kappa shape index (κ2) is 3.74. The Morgan fingerprint density at radius 3 is 2.21 bits per heavy atom. The van der Waals surface area contributed by atoms with E-state index in [0.29, 0.717) is 6.42 Å². The van der Waals surface area contributed by atoms with Crippen LogP contribution in [0.4, 0.5) is 0 Å². The highest BCUT2D eigenvalue weighted by Crippen LogP contribution is 2.66. The molecule has 19 heavy (non-hydrogen) atoms. The van der Waals surface area contributed by atoms with Gasteiger partial charge in [0.05, 0.1) is 5.41 Å². The minimum absolute atomic E-state index is 0.0479. The third kappa shape index (κ3) is 1.35. The zero-order valence-electron chi connectivity index (χ0n) is 12.1. The van der Waals surface area contributed by atoms with E-state index < -0.39 is 16.4 Å². The fourth-order valence-corrected chi connectivity index (χ4v) is 4.07. The molecular formula is C15H23NO3. The van der Waals surface area contributed by atoms with E-state index in [1.165, 1.54) is 6.42 Å². The molecule has 2 saturated heterocycles. The van der Waals surface area contributed by atoms with Crippen LogP contribution in [0.3, 0.4) is 0 Å². The molecule has 4 nitrogen and oxygen atoms in total. The molecule has 106 valence electrons. The van der Waals surface area contributed by atoms with Crippen molar-refractivity contribution < 1.29 is 14.3 Å². The number of likely N-dealkylation sites (tertiary alicyclic amines) is 1. The highest BCUT2D eigenvalue weighted by atomic mass is 16.6. The van der Waals surface area contributed by atoms with E-state index >= 15 is 0 Å². The molecule has 0 aromatic heterocycles. The molecule has 3 rings (SSSR count). The SMILES string of the molecule is CC1(C)[C@@]2(C(=O)N3CCCCC3)CC[C@]1(C)C(=O)O2. The Bertz CT molecular complexity index is 439. The molecule has 1 aliphatic carbocycles. The lowest BCUT2D eigenvalue weighted by Crippen LogP contribution is -2.55. The molecule has 2 heterocycles. The van der Waals surface area contributed by atoms with Crippen molar-refractivity contribution in [2.45, 2.75) is 58.5 Å². The first kappa shape index (κ1) is 12.9. The van der Waals surface area contributed by atoms with Crippen LogP contribution in [0.2, 0.25) is 0 Å². The topological polar surface area (TPSA) is 46.6 Å². The molecule has 0 aromatic carbocycles. The summed E-state index contributed by atoms with van der Waals surface area (Å²) in [7, 11) is 0. The average molecular weight is 265 g/mol. The molecule has 0 aromatic rings. The molecule has 0 unspecified atom stereocenters. The smallest absolute Gasteiger partial charge is 0.313 e. The van der Waals surface area contributed by atoms with Crippen LogP contribution >= 0.6 is 0 Å². The van der Waals surface area contributed by atoms with Crippen LogP contribution in [0.5, 0.6) is 0 Å². The Balaban J connectivity index is 1.95. The van der Waals surface area contributed by atoms with Crippen molar-refractivity contribution in [2.24, 2.45) is 10.8 Å². The lowest BCUT2D eigenvalue weighted by molar-refractivity contribution is -0.174. The monoisotopic (exact) mass is 265 g/mol. The second-order valence-corrected chi connectivity index (χ2v) is 7.03. The predicted octanol–water partition coefficient (Wildman–Crippen LogP) is 2.12. The first-order chi connectivity index (χ1) is 8.85. The summed E-state index contributed by atoms with van der Waals surface area (Å²) in [6.45, 7) is 7.61. The predicted molar refractivity (Wildman–Crippen MR) is 70.4 cm³/mol. The maximum atomic E-state index is 12.9. The largest absolute Gasteiger partial charge is 0.448 e. The molecule has 1 saturated carbocycles. The highest BCUT2D eigenvalue weighted by Gasteiger charge is 2.76. The molecule has 1 amide bonds. The molecular weight excluding hydrogens is 242 g/mol. The Morgan fingerprint density at radius 1 is 1.11 bits per heavy atom. The van der Waals surface area contributed by atoms with Crippen LogP contribution < -0.4 is 0 Å². The summed E-state index contributed by atoms with van der Waals surface area (Å²) >= 11 is 0. The summed E-state index contributed by atoms with van der Waals surface area (Å²) in [5.41, 5.74) is -1.82. The molecule has 0 N–H and O–H groups in total. The quantitative estimate of drug-likeness (QED) is 0.682. The Kier molecular flexibility index (Phi) is 2.55. The van der Waals surface area contributed by atoms with Crippen molar-refractivity contribution in [3.8, 4) is 0 Å². The standard InChI is InChI=1S/C15H23NO3/c1-13(2)14(3)7-8-15(13,19-12(14)18)11(17)16-9-5-4-6-10-16/h4-10H2,1-3H3/t14-,15+/m1/s1. The van der Waals surface area contributed by atoms with Crippen LogP contribution in [0, 0.1) is 10.8 Å². The van der Waals surface area contributed by atoms with E-state index in [1.807, 2.05) is 25.7 Å². The molecule has 0 radical (unpaired) electrons. The minimum Gasteiger partial charge on any atom is -0.448 e. The zero-order chi connectivity index (χ0) is 13.9. The first-order valence-corrected chi connectivity index (χ1v) is 7.38. The van der Waals surface area contributed by atoms with E-state index in [1.54, 1.807) is 0 Å². The van der Waals surface area contributed by atoms with E-state index in [-0.39, 0.29) is 11.9 Å². The molecule has 0 spiro atoms. The summed E-state index contributed by atoms with van der Waals surface area (Å²) in [5, 5.41) is 0. The van der Waals surface area contributed by atoms with Crippen LogP contribution in [0.25, 0.3) is 0 Å². The molecule has 2 aliphatic heterocycles. The zero-order valence-corrected chi connectivity index (χ0v) is 12.1. The van der Waals surface area contributed by atoms with E-state index in [4.69, 9.17) is 4.74 Å². The van der Waals surface area contributed by atoms with E-state index in [0.717, 1.165) is 32.4 Å². The second-order valence-electron chi connectivity index (χ2n) is 7.03. The molecule has 3 fully saturated rings. The third-order valence-electron chi connectivity index (χ3n) is 6.07. The van der Waals surface area contributed by atoms with Gasteiger partial charge >= 0.3 is 5.97 Å². The molecule has 2 bridgehead atoms. The molecule has 2 atom stereocenters. The molecule has 3 aliphatic rings. The Hall–Kier alpha value is -1.06. The van der Waals surface area contributed by atoms with Gasteiger partial charge < -0.3 is 9.64 Å². The summed E-state index contributed by atoms with van der Waals surface area (Å²) < 4.78 is 5.65. The van der Waals surface area contributed by atoms with Gasteiger partial charge in [-0.1, -0.05) is 13.8 Å². The van der Waals surface area contributed by atoms with E-state index in [2.05, 4.69) is 0 Å². The van der Waals surface area contributed by atoms with Crippen LogP contribution in [0.1, 0.15) is 52.9 Å². The number of rotatable bonds is 1. The van der Waals surface area contributed by atoms with Gasteiger partial charge in [-0.15, -0.1) is 0 Å². The number of carbonyl (C=O) groups excluding carboxylic acids is 2. The van der Waals surface area contributed by atoms with Crippen molar-refractivity contribution in [3.63, 3.8) is 0 Å². The maximum absolute atomic E-state index is 12.9. The summed E-state index contributed by atoms with van der Waals surface area (Å²) in [6, 6.07) is 0. The van der Waals surface area contributed by atoms with Crippen LogP contribution in [0.15, 0.2) is 0 Å². The van der Waals surface area contributed by atoms with Gasteiger partial charge in [0.1, 0.15) is 0 Å². The number of piperidine rings is 1. The van der Waals surface area contributed by atoms with Gasteiger partial charge in [0.2, 0.25) is 0 Å². The summed E-state index contributed by atoms with van der Waals surface area (Å²) in [5.74, 6) is -0.138. The van der Waals surface area contributed by atoms with Crippen molar-refractivity contribution in [1.82, 2.24) is 4.90 Å². The average Bonchev–Trinajstić information content (AvgIpc) is 2.69. The molecule has 4 heteroatoms. The summed E-state index contributed by atoms with van der Waals surface area (Å²) in [6.07, 6.45) is 4.76. The fourth-order valence-electron chi connectivity index (χ4n) is 4.07. The van der Waals surface area contributed by atoms with E-state index in [9.17, 15) is 9.59 Å². The normalized spacial score (nSPS) is 40.4. The number of fused-ring (bicyclic) bond motifs is 2. The number of nitrogens with zero attached hydrogens (tertiary/aromatic N) is 1. The van der Waals surface area contributed by atoms with Crippen molar-refractivity contribution >= 4 is 11.9 Å². The minimum atomic E-state index is -0.907. The number of hydrogen-bond acceptors (Lipinski definition) is 3. The number of esters is 1.